The summed E-state index contributed by atoms with van der Waals surface area (Å²) in [6.45, 7) is 5.74. The lowest BCUT2D eigenvalue weighted by Gasteiger charge is -2.26. The highest BCUT2D eigenvalue weighted by molar-refractivity contribution is 5.97. The number of carbonyl (C=O) groups excluding carboxylic acids is 1. The minimum Gasteiger partial charge on any atom is -0.448 e. The zero-order chi connectivity index (χ0) is 24.9. The number of nitrogens with zero attached hydrogens (tertiary/aromatic N) is 1. The number of rotatable bonds is 3. The maximum Gasteiger partial charge on any atom is 0.379 e. The summed E-state index contributed by atoms with van der Waals surface area (Å²) in [4.78, 5) is 13.0. The molecule has 3 aromatic carbocycles. The number of aryl methyl sites for hydroxylation is 3. The summed E-state index contributed by atoms with van der Waals surface area (Å²) in [7, 11) is 0. The highest BCUT2D eigenvalue weighted by atomic mass is 19.1. The molecule has 0 radical (unpaired) electrons. The van der Waals surface area contributed by atoms with E-state index in [2.05, 4.69) is 6.07 Å². The molecule has 7 heteroatoms. The molecule has 174 valence electrons. The fourth-order valence-electron chi connectivity index (χ4n) is 4.36. The van der Waals surface area contributed by atoms with E-state index in [0.717, 1.165) is 16.5 Å². The van der Waals surface area contributed by atoms with Crippen LogP contribution in [0.2, 0.25) is 0 Å². The van der Waals surface area contributed by atoms with Crippen molar-refractivity contribution in [3.8, 4) is 17.6 Å². The molecule has 0 saturated heterocycles. The van der Waals surface area contributed by atoms with Crippen molar-refractivity contribution in [1.82, 2.24) is 0 Å². The van der Waals surface area contributed by atoms with Gasteiger partial charge in [-0.15, -0.1) is 0 Å². The van der Waals surface area contributed by atoms with Crippen LogP contribution in [0.3, 0.4) is 0 Å². The Kier molecular flexibility index (Phi) is 5.29. The van der Waals surface area contributed by atoms with Gasteiger partial charge in [0.15, 0.2) is 0 Å². The molecule has 1 aliphatic rings. The summed E-state index contributed by atoms with van der Waals surface area (Å²) in [6.07, 6.45) is 0. The lowest BCUT2D eigenvalue weighted by Crippen LogP contribution is -2.21. The topological polar surface area (TPSA) is 98.5 Å². The van der Waals surface area contributed by atoms with Crippen LogP contribution in [0, 0.1) is 37.9 Å². The highest BCUT2D eigenvalue weighted by Crippen LogP contribution is 2.43. The van der Waals surface area contributed by atoms with E-state index in [0.29, 0.717) is 28.0 Å². The van der Waals surface area contributed by atoms with Gasteiger partial charge in [0.1, 0.15) is 34.5 Å². The van der Waals surface area contributed by atoms with Gasteiger partial charge in [-0.25, -0.2) is 9.18 Å². The van der Waals surface area contributed by atoms with Crippen molar-refractivity contribution < 1.29 is 23.1 Å². The molecular formula is C28H21FN2O4. The van der Waals surface area contributed by atoms with Crippen molar-refractivity contribution in [3.63, 3.8) is 0 Å². The van der Waals surface area contributed by atoms with E-state index in [-0.39, 0.29) is 28.8 Å². The molecule has 0 saturated carbocycles. The first-order valence-electron chi connectivity index (χ1n) is 11.0. The van der Waals surface area contributed by atoms with E-state index >= 15 is 0 Å². The van der Waals surface area contributed by atoms with Crippen molar-refractivity contribution in [2.75, 3.05) is 0 Å². The summed E-state index contributed by atoms with van der Waals surface area (Å²) >= 11 is 0. The number of furan rings is 1. The predicted octanol–water partition coefficient (Wildman–Crippen LogP) is 5.93. The van der Waals surface area contributed by atoms with Crippen molar-refractivity contribution in [2.45, 2.75) is 26.7 Å². The van der Waals surface area contributed by atoms with Crippen LogP contribution in [0.5, 0.6) is 11.5 Å². The van der Waals surface area contributed by atoms with Gasteiger partial charge in [-0.05, 0) is 55.7 Å². The van der Waals surface area contributed by atoms with Crippen LogP contribution in [0.15, 0.2) is 70.5 Å². The normalized spacial score (nSPS) is 14.9. The second-order valence-electron chi connectivity index (χ2n) is 8.51. The third-order valence-electron chi connectivity index (χ3n) is 6.42. The lowest BCUT2D eigenvalue weighted by atomic mass is 9.83. The van der Waals surface area contributed by atoms with Crippen LogP contribution in [-0.4, -0.2) is 5.97 Å². The summed E-state index contributed by atoms with van der Waals surface area (Å²) < 4.78 is 30.7. The van der Waals surface area contributed by atoms with Crippen LogP contribution in [0.1, 0.15) is 44.3 Å². The van der Waals surface area contributed by atoms with Gasteiger partial charge in [0, 0.05) is 22.6 Å². The van der Waals surface area contributed by atoms with Crippen LogP contribution < -0.4 is 15.2 Å². The molecule has 1 unspecified atom stereocenters. The van der Waals surface area contributed by atoms with Crippen molar-refractivity contribution in [2.24, 2.45) is 5.73 Å². The second kappa shape index (κ2) is 8.33. The summed E-state index contributed by atoms with van der Waals surface area (Å²) in [6, 6.07) is 16.7. The molecular weight excluding hydrogens is 447 g/mol. The van der Waals surface area contributed by atoms with Gasteiger partial charge in [0.25, 0.3) is 0 Å². The Morgan fingerprint density at radius 2 is 1.80 bits per heavy atom. The largest absolute Gasteiger partial charge is 0.448 e. The fourth-order valence-corrected chi connectivity index (χ4v) is 4.36. The third-order valence-corrected chi connectivity index (χ3v) is 6.42. The molecule has 4 aromatic rings. The molecule has 6 nitrogen and oxygen atoms in total. The Labute approximate surface area is 201 Å². The van der Waals surface area contributed by atoms with Crippen LogP contribution in [0.25, 0.3) is 11.0 Å². The summed E-state index contributed by atoms with van der Waals surface area (Å²) in [5, 5.41) is 10.5. The highest BCUT2D eigenvalue weighted by Gasteiger charge is 2.31. The number of hydrogen-bond donors (Lipinski definition) is 1. The van der Waals surface area contributed by atoms with E-state index < -0.39 is 11.9 Å². The van der Waals surface area contributed by atoms with Gasteiger partial charge < -0.3 is 19.6 Å². The molecule has 1 atom stereocenters. The smallest absolute Gasteiger partial charge is 0.379 e. The maximum absolute atomic E-state index is 13.5. The van der Waals surface area contributed by atoms with E-state index in [4.69, 9.17) is 19.6 Å². The first kappa shape index (κ1) is 22.2. The zero-order valence-corrected chi connectivity index (χ0v) is 19.3. The minimum absolute atomic E-state index is 0.0585. The zero-order valence-electron chi connectivity index (χ0n) is 19.3. The SMILES string of the molecule is Cc1ccc2c(C)c(C(=O)Oc3ccc4c(c3)OC(N)=C(C#N)C4c3ccc(F)cc3)oc2c1C. The van der Waals surface area contributed by atoms with E-state index in [9.17, 15) is 14.4 Å². The van der Waals surface area contributed by atoms with Gasteiger partial charge >= 0.3 is 5.97 Å². The fraction of sp³-hybridized carbons (Fsp3) is 0.143. The molecule has 0 aliphatic carbocycles. The van der Waals surface area contributed by atoms with Crippen molar-refractivity contribution in [1.29, 1.82) is 5.26 Å². The lowest BCUT2D eigenvalue weighted by molar-refractivity contribution is 0.0702. The monoisotopic (exact) mass is 468 g/mol. The Balaban J connectivity index is 1.49. The first-order chi connectivity index (χ1) is 16.8. The number of benzene rings is 3. The van der Waals surface area contributed by atoms with E-state index in [1.165, 1.54) is 18.2 Å². The second-order valence-corrected chi connectivity index (χ2v) is 8.51. The third kappa shape index (κ3) is 3.69. The molecule has 2 N–H and O–H groups in total. The Bertz CT molecular complexity index is 1580. The average molecular weight is 468 g/mol. The number of hydrogen-bond acceptors (Lipinski definition) is 6. The average Bonchev–Trinajstić information content (AvgIpc) is 3.18. The molecule has 5 rings (SSSR count). The van der Waals surface area contributed by atoms with Gasteiger partial charge in [-0.2, -0.15) is 5.26 Å². The van der Waals surface area contributed by atoms with Crippen molar-refractivity contribution in [3.05, 3.63) is 105 Å². The molecule has 2 heterocycles. The Hall–Kier alpha value is -4.57. The quantitative estimate of drug-likeness (QED) is 0.295. The van der Waals surface area contributed by atoms with Gasteiger partial charge in [0.2, 0.25) is 11.6 Å². The van der Waals surface area contributed by atoms with Crippen LogP contribution >= 0.6 is 0 Å². The number of allylic oxidation sites excluding steroid dienone is 1. The molecule has 0 amide bonds. The van der Waals surface area contributed by atoms with Crippen LogP contribution in [0.4, 0.5) is 4.39 Å². The van der Waals surface area contributed by atoms with Gasteiger partial charge in [-0.3, -0.25) is 0 Å². The standard InChI is InChI=1S/C28H21FN2O4/c1-14-4-10-20-16(3)26(35-25(20)15(14)2)28(32)33-19-9-11-21-23(12-19)34-27(31)22(13-30)24(21)17-5-7-18(29)8-6-17/h4-12,24H,31H2,1-3H3. The van der Waals surface area contributed by atoms with Crippen LogP contribution in [-0.2, 0) is 0 Å². The van der Waals surface area contributed by atoms with E-state index in [1.54, 1.807) is 24.3 Å². The maximum atomic E-state index is 13.5. The predicted molar refractivity (Wildman–Crippen MR) is 128 cm³/mol. The number of halogens is 1. The Morgan fingerprint density at radius 3 is 2.51 bits per heavy atom. The molecule has 1 aromatic heterocycles. The Morgan fingerprint density at radius 1 is 1.06 bits per heavy atom. The van der Waals surface area contributed by atoms with Crippen molar-refractivity contribution >= 4 is 16.9 Å². The molecule has 0 fully saturated rings. The number of ether oxygens (including phenoxy) is 2. The molecule has 1 aliphatic heterocycles. The number of nitrogens with two attached hydrogens (primary N) is 1. The number of fused-ring (bicyclic) bond motifs is 2. The minimum atomic E-state index is -0.636. The number of carbonyl (C=O) groups is 1. The summed E-state index contributed by atoms with van der Waals surface area (Å²) in [5.41, 5.74) is 11.0. The number of esters is 1. The van der Waals surface area contributed by atoms with Gasteiger partial charge in [0.05, 0.1) is 5.92 Å². The molecule has 35 heavy (non-hydrogen) atoms. The molecule has 0 bridgehead atoms. The summed E-state index contributed by atoms with van der Waals surface area (Å²) in [5.74, 6) is -0.924. The number of nitriles is 1. The first-order valence-corrected chi connectivity index (χ1v) is 11.0. The molecule has 0 spiro atoms. The van der Waals surface area contributed by atoms with Gasteiger partial charge in [-0.1, -0.05) is 30.3 Å². The van der Waals surface area contributed by atoms with E-state index in [1.807, 2.05) is 32.9 Å².